The van der Waals surface area contributed by atoms with Gasteiger partial charge in [-0.05, 0) is 25.7 Å². The molecule has 142 valence electrons. The minimum Gasteiger partial charge on any atom is -0.481 e. The van der Waals surface area contributed by atoms with Gasteiger partial charge in [-0.15, -0.1) is 0 Å². The molecule has 0 heterocycles. The fourth-order valence-electron chi connectivity index (χ4n) is 2.87. The van der Waals surface area contributed by atoms with E-state index in [1.54, 1.807) is 0 Å². The fourth-order valence-corrected chi connectivity index (χ4v) is 2.87. The summed E-state index contributed by atoms with van der Waals surface area (Å²) in [5.41, 5.74) is -1.41. The Morgan fingerprint density at radius 1 is 0.792 bits per heavy atom. The Hall–Kier alpha value is -1.22. The highest BCUT2D eigenvalue weighted by Gasteiger charge is 2.41. The molecule has 0 radical (unpaired) electrons. The molecule has 0 aromatic rings. The molecule has 0 fully saturated rings. The Bertz CT molecular complexity index is 359. The van der Waals surface area contributed by atoms with Gasteiger partial charge in [-0.2, -0.15) is 0 Å². The van der Waals surface area contributed by atoms with Crippen molar-refractivity contribution in [3.63, 3.8) is 0 Å². The summed E-state index contributed by atoms with van der Waals surface area (Å²) in [7, 11) is 0. The van der Waals surface area contributed by atoms with Crippen LogP contribution in [-0.4, -0.2) is 68.0 Å². The number of hydrogen-bond donors (Lipinski definition) is 6. The van der Waals surface area contributed by atoms with E-state index in [9.17, 15) is 24.9 Å². The lowest BCUT2D eigenvalue weighted by molar-refractivity contribution is -0.155. The van der Waals surface area contributed by atoms with Crippen LogP contribution in [0.4, 0.5) is 0 Å². The largest absolute Gasteiger partial charge is 0.481 e. The molecular formula is C16H30O8. The van der Waals surface area contributed by atoms with Crippen LogP contribution >= 0.6 is 0 Å². The standard InChI is InChI=1S/C16H30O8/c17-10-12(19)8-16(15(23)24,9-13(20)11-18)7-5-3-1-2-4-6-14(21)22/h12-13,17-20H,1-11H2,(H,21,22)(H,23,24). The van der Waals surface area contributed by atoms with E-state index in [0.717, 1.165) is 12.8 Å². The zero-order valence-electron chi connectivity index (χ0n) is 13.9. The number of carboxylic acids is 2. The number of unbranched alkanes of at least 4 members (excludes halogenated alkanes) is 4. The molecule has 2 unspecified atom stereocenters. The van der Waals surface area contributed by atoms with Gasteiger partial charge in [0.15, 0.2) is 0 Å². The maximum absolute atomic E-state index is 11.7. The van der Waals surface area contributed by atoms with Crippen molar-refractivity contribution in [3.8, 4) is 0 Å². The smallest absolute Gasteiger partial charge is 0.309 e. The monoisotopic (exact) mass is 350 g/mol. The third-order valence-electron chi connectivity index (χ3n) is 4.17. The SMILES string of the molecule is O=C(O)CCCCCCCC(CC(O)CO)(CC(O)CO)C(=O)O. The molecule has 8 heteroatoms. The van der Waals surface area contributed by atoms with Gasteiger partial charge in [0.05, 0.1) is 30.8 Å². The number of aliphatic carboxylic acids is 2. The summed E-state index contributed by atoms with van der Waals surface area (Å²) in [4.78, 5) is 22.1. The predicted octanol–water partition coefficient (Wildman–Crippen LogP) is 0.359. The number of aliphatic hydroxyl groups is 4. The summed E-state index contributed by atoms with van der Waals surface area (Å²) in [6.45, 7) is -1.14. The molecule has 0 bridgehead atoms. The van der Waals surface area contributed by atoms with Crippen molar-refractivity contribution in [1.29, 1.82) is 0 Å². The lowest BCUT2D eigenvalue weighted by Gasteiger charge is -2.32. The van der Waals surface area contributed by atoms with Gasteiger partial charge in [0, 0.05) is 6.42 Å². The molecule has 0 amide bonds. The van der Waals surface area contributed by atoms with Gasteiger partial charge in [0.2, 0.25) is 0 Å². The molecule has 0 rings (SSSR count). The number of hydrogen-bond acceptors (Lipinski definition) is 6. The first-order chi connectivity index (χ1) is 11.3. The maximum atomic E-state index is 11.7. The van der Waals surface area contributed by atoms with Crippen LogP contribution in [0.25, 0.3) is 0 Å². The van der Waals surface area contributed by atoms with Crippen molar-refractivity contribution in [1.82, 2.24) is 0 Å². The minimum atomic E-state index is -1.41. The number of carboxylic acid groups (broad SMARTS) is 2. The van der Waals surface area contributed by atoms with E-state index in [1.807, 2.05) is 0 Å². The van der Waals surface area contributed by atoms with Gasteiger partial charge in [-0.3, -0.25) is 9.59 Å². The average molecular weight is 350 g/mol. The second-order valence-corrected chi connectivity index (χ2v) is 6.33. The summed E-state index contributed by atoms with van der Waals surface area (Å²) in [5.74, 6) is -2.01. The van der Waals surface area contributed by atoms with E-state index in [4.69, 9.17) is 15.3 Å². The minimum absolute atomic E-state index is 0.116. The molecule has 0 aliphatic carbocycles. The number of aliphatic hydroxyl groups excluding tert-OH is 4. The van der Waals surface area contributed by atoms with E-state index in [2.05, 4.69) is 0 Å². The van der Waals surface area contributed by atoms with Crippen molar-refractivity contribution in [2.45, 2.75) is 70.0 Å². The van der Waals surface area contributed by atoms with E-state index in [-0.39, 0.29) is 25.7 Å². The van der Waals surface area contributed by atoms with Gasteiger partial charge in [0.1, 0.15) is 0 Å². The van der Waals surface area contributed by atoms with Crippen LogP contribution in [0.3, 0.4) is 0 Å². The van der Waals surface area contributed by atoms with Gasteiger partial charge in [-0.25, -0.2) is 0 Å². The van der Waals surface area contributed by atoms with Crippen LogP contribution in [0.5, 0.6) is 0 Å². The summed E-state index contributed by atoms with van der Waals surface area (Å²) in [6.07, 6.45) is 0.841. The zero-order valence-corrected chi connectivity index (χ0v) is 13.9. The molecule has 6 N–H and O–H groups in total. The summed E-state index contributed by atoms with van der Waals surface area (Å²) in [5, 5.41) is 55.4. The Balaban J connectivity index is 4.57. The van der Waals surface area contributed by atoms with Crippen molar-refractivity contribution in [3.05, 3.63) is 0 Å². The molecule has 0 aromatic carbocycles. The average Bonchev–Trinajstić information content (AvgIpc) is 2.52. The van der Waals surface area contributed by atoms with E-state index in [0.29, 0.717) is 19.3 Å². The third kappa shape index (κ3) is 9.17. The van der Waals surface area contributed by atoms with Gasteiger partial charge in [0.25, 0.3) is 0 Å². The molecule has 0 aromatic heterocycles. The third-order valence-corrected chi connectivity index (χ3v) is 4.17. The topological polar surface area (TPSA) is 156 Å². The Labute approximate surface area is 141 Å². The van der Waals surface area contributed by atoms with Crippen LogP contribution in [0, 0.1) is 5.41 Å². The van der Waals surface area contributed by atoms with Crippen molar-refractivity contribution < 1.29 is 40.2 Å². The van der Waals surface area contributed by atoms with Crippen molar-refractivity contribution >= 4 is 11.9 Å². The highest BCUT2D eigenvalue weighted by atomic mass is 16.4. The molecule has 2 atom stereocenters. The van der Waals surface area contributed by atoms with Gasteiger partial charge < -0.3 is 30.6 Å². The molecular weight excluding hydrogens is 320 g/mol. The second-order valence-electron chi connectivity index (χ2n) is 6.33. The summed E-state index contributed by atoms with van der Waals surface area (Å²) < 4.78 is 0. The molecule has 0 saturated heterocycles. The molecule has 24 heavy (non-hydrogen) atoms. The normalized spacial score (nSPS) is 16.3. The zero-order chi connectivity index (χ0) is 18.6. The second kappa shape index (κ2) is 12.2. The summed E-state index contributed by atoms with van der Waals surface area (Å²) >= 11 is 0. The Kier molecular flexibility index (Phi) is 11.6. The Morgan fingerprint density at radius 3 is 1.67 bits per heavy atom. The highest BCUT2D eigenvalue weighted by molar-refractivity contribution is 5.74. The summed E-state index contributed by atoms with van der Waals surface area (Å²) in [6, 6.07) is 0. The lowest BCUT2D eigenvalue weighted by Crippen LogP contribution is -2.39. The lowest BCUT2D eigenvalue weighted by atomic mass is 9.73. The molecule has 8 nitrogen and oxygen atoms in total. The van der Waals surface area contributed by atoms with E-state index in [1.165, 1.54) is 0 Å². The highest BCUT2D eigenvalue weighted by Crippen LogP contribution is 2.36. The van der Waals surface area contributed by atoms with Gasteiger partial charge >= 0.3 is 11.9 Å². The van der Waals surface area contributed by atoms with Crippen LogP contribution in [0.1, 0.15) is 57.8 Å². The van der Waals surface area contributed by atoms with Crippen LogP contribution in [0.15, 0.2) is 0 Å². The van der Waals surface area contributed by atoms with E-state index < -0.39 is 42.8 Å². The first-order valence-corrected chi connectivity index (χ1v) is 8.30. The fraction of sp³-hybridized carbons (Fsp3) is 0.875. The maximum Gasteiger partial charge on any atom is 0.309 e. The van der Waals surface area contributed by atoms with Crippen LogP contribution < -0.4 is 0 Å². The molecule has 0 aliphatic rings. The molecule has 0 aliphatic heterocycles. The van der Waals surface area contributed by atoms with E-state index >= 15 is 0 Å². The van der Waals surface area contributed by atoms with Gasteiger partial charge in [-0.1, -0.05) is 25.7 Å². The Morgan fingerprint density at radius 2 is 1.25 bits per heavy atom. The number of carbonyl (C=O) groups is 2. The van der Waals surface area contributed by atoms with Crippen LogP contribution in [-0.2, 0) is 9.59 Å². The molecule has 0 saturated carbocycles. The number of rotatable bonds is 15. The predicted molar refractivity (Wildman–Crippen MR) is 85.4 cm³/mol. The first kappa shape index (κ1) is 22.8. The molecule has 0 spiro atoms. The quantitative estimate of drug-likeness (QED) is 0.231. The van der Waals surface area contributed by atoms with Crippen molar-refractivity contribution in [2.75, 3.05) is 13.2 Å². The first-order valence-electron chi connectivity index (χ1n) is 8.30. The van der Waals surface area contributed by atoms with Crippen molar-refractivity contribution in [2.24, 2.45) is 5.41 Å². The van der Waals surface area contributed by atoms with Crippen LogP contribution in [0.2, 0.25) is 0 Å².